The Kier molecular flexibility index (Phi) is 9.80. The van der Waals surface area contributed by atoms with Gasteiger partial charge in [-0.05, 0) is 24.4 Å². The van der Waals surface area contributed by atoms with Gasteiger partial charge in [0.05, 0.1) is 18.7 Å². The quantitative estimate of drug-likeness (QED) is 0.477. The molecule has 0 saturated heterocycles. The van der Waals surface area contributed by atoms with Gasteiger partial charge in [0.2, 0.25) is 11.8 Å². The third-order valence-corrected chi connectivity index (χ3v) is 3.78. The highest BCUT2D eigenvalue weighted by atomic mass is 16.3. The third kappa shape index (κ3) is 9.22. The van der Waals surface area contributed by atoms with Gasteiger partial charge in [-0.2, -0.15) is 0 Å². The normalized spacial score (nSPS) is 13.3. The van der Waals surface area contributed by atoms with Gasteiger partial charge >= 0.3 is 0 Å². The van der Waals surface area contributed by atoms with Crippen molar-refractivity contribution in [3.8, 4) is 0 Å². The first-order valence-electron chi connectivity index (χ1n) is 8.91. The van der Waals surface area contributed by atoms with E-state index in [1.807, 2.05) is 30.3 Å². The van der Waals surface area contributed by atoms with Crippen molar-refractivity contribution in [1.29, 1.82) is 0 Å². The van der Waals surface area contributed by atoms with E-state index in [2.05, 4.69) is 29.8 Å². The highest BCUT2D eigenvalue weighted by molar-refractivity contribution is 5.84. The lowest BCUT2D eigenvalue weighted by molar-refractivity contribution is -0.126. The van der Waals surface area contributed by atoms with E-state index in [0.717, 1.165) is 12.1 Å². The van der Waals surface area contributed by atoms with Crippen LogP contribution in [0, 0.1) is 5.92 Å². The summed E-state index contributed by atoms with van der Waals surface area (Å²) >= 11 is 0. The maximum absolute atomic E-state index is 12.1. The lowest BCUT2D eigenvalue weighted by Crippen LogP contribution is -2.51. The molecule has 2 unspecified atom stereocenters. The van der Waals surface area contributed by atoms with Crippen LogP contribution in [0.2, 0.25) is 0 Å². The van der Waals surface area contributed by atoms with Gasteiger partial charge in [-0.1, -0.05) is 51.1 Å². The fourth-order valence-electron chi connectivity index (χ4n) is 2.38. The summed E-state index contributed by atoms with van der Waals surface area (Å²) in [6.07, 6.45) is 0.145. The Morgan fingerprint density at radius 3 is 2.36 bits per heavy atom. The van der Waals surface area contributed by atoms with Crippen LogP contribution >= 0.6 is 0 Å². The largest absolute Gasteiger partial charge is 0.390 e. The molecule has 4 N–H and O–H groups in total. The van der Waals surface area contributed by atoms with Crippen LogP contribution in [0.5, 0.6) is 0 Å². The van der Waals surface area contributed by atoms with Crippen molar-refractivity contribution in [1.82, 2.24) is 16.0 Å². The summed E-state index contributed by atoms with van der Waals surface area (Å²) in [7, 11) is 0. The predicted molar refractivity (Wildman–Crippen MR) is 99.1 cm³/mol. The van der Waals surface area contributed by atoms with E-state index in [1.54, 1.807) is 6.92 Å². The van der Waals surface area contributed by atoms with Gasteiger partial charge in [0, 0.05) is 13.0 Å². The molecule has 6 heteroatoms. The highest BCUT2D eigenvalue weighted by Gasteiger charge is 2.21. The summed E-state index contributed by atoms with van der Waals surface area (Å²) in [5.41, 5.74) is 1.04. The van der Waals surface area contributed by atoms with Crippen LogP contribution in [0.4, 0.5) is 0 Å². The minimum Gasteiger partial charge on any atom is -0.390 e. The van der Waals surface area contributed by atoms with Crippen molar-refractivity contribution < 1.29 is 14.7 Å². The van der Waals surface area contributed by atoms with Crippen molar-refractivity contribution in [3.63, 3.8) is 0 Å². The molecule has 6 nitrogen and oxygen atoms in total. The number of nitrogens with one attached hydrogen (secondary N) is 3. The van der Waals surface area contributed by atoms with Gasteiger partial charge < -0.3 is 21.1 Å². The fourth-order valence-corrected chi connectivity index (χ4v) is 2.38. The zero-order valence-corrected chi connectivity index (χ0v) is 15.4. The number of aliphatic hydroxyl groups is 1. The summed E-state index contributed by atoms with van der Waals surface area (Å²) in [5.74, 6) is 0.0122. The maximum Gasteiger partial charge on any atom is 0.239 e. The molecule has 0 heterocycles. The van der Waals surface area contributed by atoms with E-state index >= 15 is 0 Å². The third-order valence-electron chi connectivity index (χ3n) is 3.78. The Bertz CT molecular complexity index is 520. The lowest BCUT2D eigenvalue weighted by Gasteiger charge is -2.25. The molecule has 2 amide bonds. The van der Waals surface area contributed by atoms with Crippen molar-refractivity contribution in [2.75, 3.05) is 19.6 Å². The minimum atomic E-state index is -0.718. The van der Waals surface area contributed by atoms with Crippen molar-refractivity contribution in [2.24, 2.45) is 5.92 Å². The van der Waals surface area contributed by atoms with Crippen LogP contribution in [-0.2, 0) is 16.0 Å². The summed E-state index contributed by atoms with van der Waals surface area (Å²) in [5, 5.41) is 19.1. The smallest absolute Gasteiger partial charge is 0.239 e. The zero-order chi connectivity index (χ0) is 18.7. The average molecular weight is 349 g/mol. The second kappa shape index (κ2) is 11.6. The van der Waals surface area contributed by atoms with Crippen molar-refractivity contribution in [3.05, 3.63) is 35.9 Å². The van der Waals surface area contributed by atoms with Gasteiger partial charge in [-0.3, -0.25) is 9.59 Å². The second-order valence-electron chi connectivity index (χ2n) is 6.61. The number of carbonyl (C=O) groups is 2. The summed E-state index contributed by atoms with van der Waals surface area (Å²) < 4.78 is 0. The monoisotopic (exact) mass is 349 g/mol. The van der Waals surface area contributed by atoms with Gasteiger partial charge in [0.1, 0.15) is 0 Å². The number of benzene rings is 1. The van der Waals surface area contributed by atoms with Crippen LogP contribution in [0.15, 0.2) is 30.3 Å². The van der Waals surface area contributed by atoms with Gasteiger partial charge in [0.25, 0.3) is 0 Å². The van der Waals surface area contributed by atoms with Crippen LogP contribution in [0.25, 0.3) is 0 Å². The summed E-state index contributed by atoms with van der Waals surface area (Å²) in [6.45, 7) is 7.05. The average Bonchev–Trinajstić information content (AvgIpc) is 2.59. The number of hydrogen-bond donors (Lipinski definition) is 4. The molecule has 25 heavy (non-hydrogen) atoms. The highest BCUT2D eigenvalue weighted by Crippen LogP contribution is 2.06. The molecule has 1 aromatic carbocycles. The lowest BCUT2D eigenvalue weighted by atomic mass is 10.0. The van der Waals surface area contributed by atoms with E-state index in [0.29, 0.717) is 25.3 Å². The maximum atomic E-state index is 12.1. The standard InChI is InChI=1S/C19H31N3O3/c1-4-18(24)21-13-19(25)22-16(10-15-8-6-5-7-9-15)17(23)12-20-11-14(2)3/h5-9,14,16-17,20,23H,4,10-13H2,1-3H3,(H,21,24)(H,22,25). The first-order valence-corrected chi connectivity index (χ1v) is 8.91. The molecule has 0 fully saturated rings. The topological polar surface area (TPSA) is 90.5 Å². The Balaban J connectivity index is 2.63. The van der Waals surface area contributed by atoms with Gasteiger partial charge in [-0.25, -0.2) is 0 Å². The Hall–Kier alpha value is -1.92. The summed E-state index contributed by atoms with van der Waals surface area (Å²) in [4.78, 5) is 23.4. The van der Waals surface area contributed by atoms with Crippen LogP contribution in [0.3, 0.4) is 0 Å². The number of rotatable bonds is 11. The first-order chi connectivity index (χ1) is 11.9. The Morgan fingerprint density at radius 1 is 1.08 bits per heavy atom. The van der Waals surface area contributed by atoms with Gasteiger partial charge in [0.15, 0.2) is 0 Å². The molecule has 1 aromatic rings. The molecule has 0 bridgehead atoms. The van der Waals surface area contributed by atoms with E-state index in [4.69, 9.17) is 0 Å². The van der Waals surface area contributed by atoms with Crippen LogP contribution in [0.1, 0.15) is 32.8 Å². The molecule has 0 aliphatic heterocycles. The Labute approximate surface area is 150 Å². The molecule has 0 radical (unpaired) electrons. The summed E-state index contributed by atoms with van der Waals surface area (Å²) in [6, 6.07) is 9.29. The predicted octanol–water partition coefficient (Wildman–Crippen LogP) is 0.847. The number of amides is 2. The first kappa shape index (κ1) is 21.1. The molecule has 2 atom stereocenters. The van der Waals surface area contributed by atoms with Crippen molar-refractivity contribution in [2.45, 2.75) is 45.8 Å². The molecule has 0 aliphatic carbocycles. The molecule has 1 rings (SSSR count). The zero-order valence-electron chi connectivity index (χ0n) is 15.4. The molecular weight excluding hydrogens is 318 g/mol. The number of carbonyl (C=O) groups excluding carboxylic acids is 2. The SMILES string of the molecule is CCC(=O)NCC(=O)NC(Cc1ccccc1)C(O)CNCC(C)C. The van der Waals surface area contributed by atoms with E-state index in [1.165, 1.54) is 0 Å². The van der Waals surface area contributed by atoms with E-state index in [9.17, 15) is 14.7 Å². The molecule has 140 valence electrons. The molecule has 0 saturated carbocycles. The molecule has 0 aromatic heterocycles. The molecule has 0 aliphatic rings. The number of hydrogen-bond acceptors (Lipinski definition) is 4. The second-order valence-corrected chi connectivity index (χ2v) is 6.61. The van der Waals surface area contributed by atoms with E-state index < -0.39 is 12.1 Å². The Morgan fingerprint density at radius 2 is 1.76 bits per heavy atom. The number of aliphatic hydroxyl groups excluding tert-OH is 1. The molecule has 0 spiro atoms. The van der Waals surface area contributed by atoms with E-state index in [-0.39, 0.29) is 18.4 Å². The van der Waals surface area contributed by atoms with Gasteiger partial charge in [-0.15, -0.1) is 0 Å². The fraction of sp³-hybridized carbons (Fsp3) is 0.579. The van der Waals surface area contributed by atoms with Crippen LogP contribution < -0.4 is 16.0 Å². The van der Waals surface area contributed by atoms with Crippen LogP contribution in [-0.4, -0.2) is 48.7 Å². The molecular formula is C19H31N3O3. The van der Waals surface area contributed by atoms with Crippen molar-refractivity contribution >= 4 is 11.8 Å². The minimum absolute atomic E-state index is 0.0793.